The highest BCUT2D eigenvalue weighted by molar-refractivity contribution is 7.17. The van der Waals surface area contributed by atoms with Gasteiger partial charge in [0.2, 0.25) is 0 Å². The second-order valence-electron chi connectivity index (χ2n) is 7.86. The number of pyridine rings is 1. The van der Waals surface area contributed by atoms with Crippen molar-refractivity contribution in [3.8, 4) is 0 Å². The van der Waals surface area contributed by atoms with Crippen LogP contribution < -0.4 is 5.32 Å². The maximum absolute atomic E-state index is 12.9. The molecule has 4 rings (SSSR count). The highest BCUT2D eigenvalue weighted by Crippen LogP contribution is 2.42. The lowest BCUT2D eigenvalue weighted by atomic mass is 9.95. The van der Waals surface area contributed by atoms with Crippen LogP contribution in [0.2, 0.25) is 0 Å². The molecule has 0 aromatic carbocycles. The van der Waals surface area contributed by atoms with E-state index in [1.54, 1.807) is 28.6 Å². The molecule has 3 aromatic rings. The van der Waals surface area contributed by atoms with Gasteiger partial charge in [0.25, 0.3) is 5.91 Å². The van der Waals surface area contributed by atoms with Gasteiger partial charge < -0.3 is 15.0 Å². The van der Waals surface area contributed by atoms with Gasteiger partial charge in [0.05, 0.1) is 17.5 Å². The Hall–Kier alpha value is -2.75. The van der Waals surface area contributed by atoms with E-state index in [4.69, 9.17) is 4.74 Å². The maximum Gasteiger partial charge on any atom is 0.409 e. The number of nitrogens with zero attached hydrogens (tertiary/aromatic N) is 3. The molecule has 0 saturated carbocycles. The third kappa shape index (κ3) is 5.10. The van der Waals surface area contributed by atoms with Gasteiger partial charge in [-0.15, -0.1) is 22.7 Å². The molecule has 1 N–H and O–H groups in total. The molecule has 33 heavy (non-hydrogen) atoms. The first-order chi connectivity index (χ1) is 16.0. The topological polar surface area (TPSA) is 74.8 Å². The summed E-state index contributed by atoms with van der Waals surface area (Å²) >= 11 is 3.04. The summed E-state index contributed by atoms with van der Waals surface area (Å²) in [5.41, 5.74) is 3.40. The van der Waals surface area contributed by atoms with E-state index >= 15 is 0 Å². The molecule has 9 heteroatoms. The Bertz CT molecular complexity index is 1090. The van der Waals surface area contributed by atoms with Crippen molar-refractivity contribution in [3.05, 3.63) is 68.5 Å². The summed E-state index contributed by atoms with van der Waals surface area (Å²) in [7, 11) is 0. The molecular formula is C24H28N4O3S2. The van der Waals surface area contributed by atoms with Gasteiger partial charge in [-0.3, -0.25) is 14.7 Å². The zero-order chi connectivity index (χ0) is 23.4. The predicted octanol–water partition coefficient (Wildman–Crippen LogP) is 4.94. The zero-order valence-corrected chi connectivity index (χ0v) is 20.7. The Labute approximate surface area is 202 Å². The van der Waals surface area contributed by atoms with Crippen molar-refractivity contribution in [2.24, 2.45) is 0 Å². The summed E-state index contributed by atoms with van der Waals surface area (Å²) in [6.07, 6.45) is 3.34. The van der Waals surface area contributed by atoms with Crippen molar-refractivity contribution < 1.29 is 14.3 Å². The predicted molar refractivity (Wildman–Crippen MR) is 132 cm³/mol. The van der Waals surface area contributed by atoms with Gasteiger partial charge in [0, 0.05) is 49.0 Å². The molecule has 0 spiro atoms. The van der Waals surface area contributed by atoms with Crippen LogP contribution in [0.1, 0.15) is 44.2 Å². The highest BCUT2D eigenvalue weighted by atomic mass is 32.1. The monoisotopic (exact) mass is 484 g/mol. The fourth-order valence-corrected chi connectivity index (χ4v) is 5.83. The van der Waals surface area contributed by atoms with Crippen molar-refractivity contribution >= 4 is 39.7 Å². The second kappa shape index (κ2) is 10.5. The number of hydrogen-bond acceptors (Lipinski definition) is 7. The normalized spacial score (nSPS) is 15.3. The Kier molecular flexibility index (Phi) is 7.42. The first-order valence-corrected chi connectivity index (χ1v) is 12.7. The largest absolute Gasteiger partial charge is 0.450 e. The van der Waals surface area contributed by atoms with Gasteiger partial charge in [-0.2, -0.15) is 0 Å². The average Bonchev–Trinajstić information content (AvgIpc) is 3.46. The number of rotatable bonds is 6. The summed E-state index contributed by atoms with van der Waals surface area (Å²) in [6.45, 7) is 9.01. The first-order valence-electron chi connectivity index (χ1n) is 11.0. The fraction of sp³-hybridized carbons (Fsp3) is 0.375. The van der Waals surface area contributed by atoms with Gasteiger partial charge in [-0.25, -0.2) is 4.79 Å². The van der Waals surface area contributed by atoms with Gasteiger partial charge in [-0.1, -0.05) is 6.07 Å². The molecule has 1 fully saturated rings. The van der Waals surface area contributed by atoms with Crippen molar-refractivity contribution in [3.63, 3.8) is 0 Å². The molecule has 7 nitrogen and oxygen atoms in total. The first kappa shape index (κ1) is 23.4. The lowest BCUT2D eigenvalue weighted by Crippen LogP contribution is -2.50. The van der Waals surface area contributed by atoms with Crippen molar-refractivity contribution in [1.82, 2.24) is 14.8 Å². The number of hydrogen-bond donors (Lipinski definition) is 1. The minimum Gasteiger partial charge on any atom is -0.450 e. The second-order valence-corrected chi connectivity index (χ2v) is 10.0. The molecule has 1 saturated heterocycles. The summed E-state index contributed by atoms with van der Waals surface area (Å²) in [5, 5.41) is 5.95. The maximum atomic E-state index is 12.9. The zero-order valence-electron chi connectivity index (χ0n) is 19.0. The number of carbonyl (C=O) groups excluding carboxylic acids is 2. The standard InChI is InChI=1S/C24H28N4O3S2/c1-4-31-24(30)28-13-11-27(12-14-28)21(18-7-9-25-10-8-18)20-16(2)17(3)33-23(20)26-22(29)19-6-5-15-32-19/h5-10,15,21H,4,11-14H2,1-3H3,(H,26,29). The van der Waals surface area contributed by atoms with Crippen LogP contribution in [0.5, 0.6) is 0 Å². The van der Waals surface area contributed by atoms with Crippen LogP contribution >= 0.6 is 22.7 Å². The summed E-state index contributed by atoms with van der Waals surface area (Å²) in [4.78, 5) is 35.3. The molecule has 0 aliphatic carbocycles. The van der Waals surface area contributed by atoms with E-state index in [0.29, 0.717) is 37.7 Å². The number of amides is 2. The van der Waals surface area contributed by atoms with Crippen LogP contribution in [0.3, 0.4) is 0 Å². The van der Waals surface area contributed by atoms with Gasteiger partial charge in [-0.05, 0) is 55.5 Å². The molecule has 3 aromatic heterocycles. The smallest absolute Gasteiger partial charge is 0.409 e. The Morgan fingerprint density at radius 3 is 2.52 bits per heavy atom. The SMILES string of the molecule is CCOC(=O)N1CCN(C(c2ccncc2)c2c(NC(=O)c3cccs3)sc(C)c2C)CC1. The molecule has 1 aliphatic rings. The lowest BCUT2D eigenvalue weighted by molar-refractivity contribution is 0.0715. The summed E-state index contributed by atoms with van der Waals surface area (Å²) in [6, 6.07) is 7.72. The van der Waals surface area contributed by atoms with E-state index in [-0.39, 0.29) is 18.0 Å². The average molecular weight is 485 g/mol. The van der Waals surface area contributed by atoms with Crippen molar-refractivity contribution in [2.75, 3.05) is 38.1 Å². The Balaban J connectivity index is 1.66. The number of ether oxygens (including phenoxy) is 1. The number of piperazine rings is 1. The molecule has 0 radical (unpaired) electrons. The van der Waals surface area contributed by atoms with Gasteiger partial charge >= 0.3 is 6.09 Å². The van der Waals surface area contributed by atoms with Gasteiger partial charge in [0.1, 0.15) is 5.00 Å². The summed E-state index contributed by atoms with van der Waals surface area (Å²) < 4.78 is 5.18. The van der Waals surface area contributed by atoms with E-state index in [2.05, 4.69) is 29.0 Å². The molecule has 2 amide bonds. The van der Waals surface area contributed by atoms with E-state index in [9.17, 15) is 9.59 Å². The Morgan fingerprint density at radius 2 is 1.88 bits per heavy atom. The molecular weight excluding hydrogens is 456 g/mol. The van der Waals surface area contributed by atoms with Crippen LogP contribution in [-0.2, 0) is 4.74 Å². The van der Waals surface area contributed by atoms with E-state index in [1.807, 2.05) is 36.6 Å². The Morgan fingerprint density at radius 1 is 1.15 bits per heavy atom. The van der Waals surface area contributed by atoms with E-state index in [1.165, 1.54) is 21.8 Å². The van der Waals surface area contributed by atoms with Crippen LogP contribution in [-0.4, -0.2) is 59.6 Å². The van der Waals surface area contributed by atoms with Crippen LogP contribution in [0, 0.1) is 13.8 Å². The molecule has 1 unspecified atom stereocenters. The quantitative estimate of drug-likeness (QED) is 0.537. The number of nitrogens with one attached hydrogen (secondary N) is 1. The van der Waals surface area contributed by atoms with Crippen molar-refractivity contribution in [1.29, 1.82) is 0 Å². The molecule has 174 valence electrons. The number of thiophene rings is 2. The van der Waals surface area contributed by atoms with Gasteiger partial charge in [0.15, 0.2) is 0 Å². The van der Waals surface area contributed by atoms with E-state index < -0.39 is 0 Å². The fourth-order valence-electron chi connectivity index (χ4n) is 4.12. The molecule has 0 bridgehead atoms. The third-order valence-electron chi connectivity index (χ3n) is 5.90. The van der Waals surface area contributed by atoms with Crippen LogP contribution in [0.4, 0.5) is 9.80 Å². The van der Waals surface area contributed by atoms with Crippen LogP contribution in [0.25, 0.3) is 0 Å². The third-order valence-corrected chi connectivity index (χ3v) is 7.91. The van der Waals surface area contributed by atoms with Crippen molar-refractivity contribution in [2.45, 2.75) is 26.8 Å². The number of anilines is 1. The molecule has 4 heterocycles. The molecule has 1 aliphatic heterocycles. The number of aromatic nitrogens is 1. The number of aryl methyl sites for hydroxylation is 1. The minimum atomic E-state index is -0.260. The van der Waals surface area contributed by atoms with Crippen LogP contribution in [0.15, 0.2) is 42.0 Å². The molecule has 1 atom stereocenters. The highest BCUT2D eigenvalue weighted by Gasteiger charge is 2.32. The summed E-state index contributed by atoms with van der Waals surface area (Å²) in [5.74, 6) is -0.0897. The number of carbonyl (C=O) groups is 2. The minimum absolute atomic E-state index is 0.0547. The van der Waals surface area contributed by atoms with E-state index in [0.717, 1.165) is 16.1 Å². The lowest BCUT2D eigenvalue weighted by Gasteiger charge is -2.39.